The minimum Gasteiger partial charge on any atom is -0.378 e. The van der Waals surface area contributed by atoms with Gasteiger partial charge < -0.3 is 19.7 Å². The lowest BCUT2D eigenvalue weighted by Crippen LogP contribution is -2.44. The van der Waals surface area contributed by atoms with E-state index in [0.29, 0.717) is 26.1 Å². The van der Waals surface area contributed by atoms with Gasteiger partial charge in [-0.05, 0) is 47.7 Å². The van der Waals surface area contributed by atoms with Crippen LogP contribution < -0.4 is 4.90 Å². The van der Waals surface area contributed by atoms with E-state index in [0.717, 1.165) is 27.7 Å². The normalized spacial score (nSPS) is 11.0. The molecule has 3 aromatic carbocycles. The van der Waals surface area contributed by atoms with E-state index >= 15 is 0 Å². The summed E-state index contributed by atoms with van der Waals surface area (Å²) >= 11 is 0. The van der Waals surface area contributed by atoms with Crippen molar-refractivity contribution in [2.45, 2.75) is 26.8 Å². The highest BCUT2D eigenvalue weighted by molar-refractivity contribution is 5.97. The van der Waals surface area contributed by atoms with Gasteiger partial charge in [0.2, 0.25) is 5.91 Å². The SMILES string of the molecule is CC(C)CN(CC(=O)N(CCc1c[nH]c2ccccc12)Cc1ccc(N(C)C)cc1)C(=O)c1cccc([N+](=O)[O-])c1. The number of nitrogens with one attached hydrogen (secondary N) is 1. The Morgan fingerprint density at radius 1 is 0.951 bits per heavy atom. The summed E-state index contributed by atoms with van der Waals surface area (Å²) in [4.78, 5) is 46.7. The van der Waals surface area contributed by atoms with Crippen LogP contribution in [-0.2, 0) is 17.8 Å². The highest BCUT2D eigenvalue weighted by Crippen LogP contribution is 2.20. The summed E-state index contributed by atoms with van der Waals surface area (Å²) in [7, 11) is 3.96. The van der Waals surface area contributed by atoms with E-state index < -0.39 is 10.8 Å². The van der Waals surface area contributed by atoms with Gasteiger partial charge in [-0.1, -0.05) is 50.2 Å². The van der Waals surface area contributed by atoms with Crippen molar-refractivity contribution < 1.29 is 14.5 Å². The Labute approximate surface area is 240 Å². The summed E-state index contributed by atoms with van der Waals surface area (Å²) < 4.78 is 0. The number of nitro benzene ring substituents is 1. The maximum Gasteiger partial charge on any atom is 0.270 e. The lowest BCUT2D eigenvalue weighted by Gasteiger charge is -2.29. The van der Waals surface area contributed by atoms with Gasteiger partial charge in [-0.2, -0.15) is 0 Å². The van der Waals surface area contributed by atoms with Crippen molar-refractivity contribution in [1.29, 1.82) is 0 Å². The molecule has 0 radical (unpaired) electrons. The predicted molar refractivity (Wildman–Crippen MR) is 162 cm³/mol. The lowest BCUT2D eigenvalue weighted by molar-refractivity contribution is -0.384. The number of non-ortho nitro benzene ring substituents is 1. The first-order chi connectivity index (χ1) is 19.6. The Morgan fingerprint density at radius 2 is 1.68 bits per heavy atom. The number of carbonyl (C=O) groups excluding carboxylic acids is 2. The molecule has 0 spiro atoms. The standard InChI is InChI=1S/C32H37N5O4/c1-23(2)20-36(32(39)25-8-7-9-28(18-25)37(40)41)22-31(38)35(21-24-12-14-27(15-13-24)34(3)4)17-16-26-19-33-30-11-6-5-10-29(26)30/h5-15,18-19,23,33H,16-17,20-22H2,1-4H3. The Hall–Kier alpha value is -4.66. The molecule has 9 heteroatoms. The molecule has 0 unspecified atom stereocenters. The van der Waals surface area contributed by atoms with Gasteiger partial charge in [0.1, 0.15) is 6.54 Å². The van der Waals surface area contributed by atoms with E-state index in [2.05, 4.69) is 11.1 Å². The number of hydrogen-bond donors (Lipinski definition) is 1. The number of benzene rings is 3. The fourth-order valence-corrected chi connectivity index (χ4v) is 4.86. The largest absolute Gasteiger partial charge is 0.378 e. The number of rotatable bonds is 12. The van der Waals surface area contributed by atoms with Gasteiger partial charge in [0.15, 0.2) is 0 Å². The van der Waals surface area contributed by atoms with Crippen molar-refractivity contribution in [3.63, 3.8) is 0 Å². The quantitative estimate of drug-likeness (QED) is 0.183. The molecule has 9 nitrogen and oxygen atoms in total. The zero-order valence-corrected chi connectivity index (χ0v) is 24.0. The van der Waals surface area contributed by atoms with Crippen molar-refractivity contribution in [2.75, 3.05) is 38.6 Å². The van der Waals surface area contributed by atoms with Crippen LogP contribution in [0.1, 0.15) is 35.3 Å². The first kappa shape index (κ1) is 29.3. The number of anilines is 1. The van der Waals surface area contributed by atoms with Crippen LogP contribution in [0.4, 0.5) is 11.4 Å². The number of hydrogen-bond acceptors (Lipinski definition) is 5. The second kappa shape index (κ2) is 13.1. The van der Waals surface area contributed by atoms with Crippen LogP contribution in [0.15, 0.2) is 79.0 Å². The number of aromatic amines is 1. The van der Waals surface area contributed by atoms with E-state index in [1.54, 1.807) is 11.0 Å². The van der Waals surface area contributed by atoms with Crippen molar-refractivity contribution in [3.05, 3.63) is 106 Å². The number of carbonyl (C=O) groups is 2. The third kappa shape index (κ3) is 7.51. The molecule has 0 saturated carbocycles. The molecule has 41 heavy (non-hydrogen) atoms. The number of amides is 2. The molecule has 0 aliphatic heterocycles. The Morgan fingerprint density at radius 3 is 2.37 bits per heavy atom. The third-order valence-corrected chi connectivity index (χ3v) is 7.01. The zero-order valence-electron chi connectivity index (χ0n) is 24.0. The third-order valence-electron chi connectivity index (χ3n) is 7.01. The number of aromatic nitrogens is 1. The summed E-state index contributed by atoms with van der Waals surface area (Å²) in [6, 6.07) is 21.8. The molecule has 0 saturated heterocycles. The van der Waals surface area contributed by atoms with Gasteiger partial charge in [0.05, 0.1) is 4.92 Å². The molecule has 4 aromatic rings. The molecular weight excluding hydrogens is 518 g/mol. The van der Waals surface area contributed by atoms with Gasteiger partial charge in [-0.15, -0.1) is 0 Å². The minimum absolute atomic E-state index is 0.101. The number of nitrogens with zero attached hydrogens (tertiary/aromatic N) is 4. The average molecular weight is 556 g/mol. The molecule has 1 N–H and O–H groups in total. The summed E-state index contributed by atoms with van der Waals surface area (Å²) in [6.07, 6.45) is 2.63. The van der Waals surface area contributed by atoms with Gasteiger partial charge in [-0.25, -0.2) is 0 Å². The van der Waals surface area contributed by atoms with E-state index in [4.69, 9.17) is 0 Å². The molecule has 4 rings (SSSR count). The molecule has 1 aromatic heterocycles. The molecule has 0 aliphatic carbocycles. The molecule has 0 bridgehead atoms. The van der Waals surface area contributed by atoms with Crippen LogP contribution in [0.5, 0.6) is 0 Å². The molecule has 0 fully saturated rings. The second-order valence-corrected chi connectivity index (χ2v) is 10.9. The van der Waals surface area contributed by atoms with Gasteiger partial charge in [-0.3, -0.25) is 19.7 Å². The van der Waals surface area contributed by atoms with Gasteiger partial charge >= 0.3 is 0 Å². The molecular formula is C32H37N5O4. The number of nitro groups is 1. The highest BCUT2D eigenvalue weighted by atomic mass is 16.6. The van der Waals surface area contributed by atoms with E-state index in [9.17, 15) is 19.7 Å². The van der Waals surface area contributed by atoms with Crippen LogP contribution in [0.3, 0.4) is 0 Å². The average Bonchev–Trinajstić information content (AvgIpc) is 3.37. The molecule has 214 valence electrons. The Balaban J connectivity index is 1.58. The van der Waals surface area contributed by atoms with E-state index in [1.807, 2.05) is 81.5 Å². The first-order valence-electron chi connectivity index (χ1n) is 13.7. The van der Waals surface area contributed by atoms with Crippen molar-refractivity contribution in [3.8, 4) is 0 Å². The number of fused-ring (bicyclic) bond motifs is 1. The lowest BCUT2D eigenvalue weighted by atomic mass is 10.1. The van der Waals surface area contributed by atoms with Crippen molar-refractivity contribution >= 4 is 34.1 Å². The van der Waals surface area contributed by atoms with Gasteiger partial charge in [0, 0.05) is 74.2 Å². The molecule has 1 heterocycles. The monoisotopic (exact) mass is 555 g/mol. The smallest absolute Gasteiger partial charge is 0.270 e. The Kier molecular flexibility index (Phi) is 9.39. The topological polar surface area (TPSA) is 103 Å². The summed E-state index contributed by atoms with van der Waals surface area (Å²) in [5, 5.41) is 12.4. The van der Waals surface area contributed by atoms with Gasteiger partial charge in [0.25, 0.3) is 11.6 Å². The van der Waals surface area contributed by atoms with E-state index in [-0.39, 0.29) is 29.6 Å². The second-order valence-electron chi connectivity index (χ2n) is 10.9. The number of para-hydroxylation sites is 1. The van der Waals surface area contributed by atoms with Crippen LogP contribution in [0, 0.1) is 16.0 Å². The van der Waals surface area contributed by atoms with Crippen LogP contribution in [0.25, 0.3) is 10.9 Å². The van der Waals surface area contributed by atoms with Crippen molar-refractivity contribution in [1.82, 2.24) is 14.8 Å². The molecule has 0 atom stereocenters. The maximum absolute atomic E-state index is 13.9. The minimum atomic E-state index is -0.525. The summed E-state index contributed by atoms with van der Waals surface area (Å²) in [6.45, 7) is 5.04. The molecule has 2 amide bonds. The maximum atomic E-state index is 13.9. The predicted octanol–water partition coefficient (Wildman–Crippen LogP) is 5.51. The zero-order chi connectivity index (χ0) is 29.5. The summed E-state index contributed by atoms with van der Waals surface area (Å²) in [5.41, 5.74) is 4.25. The van der Waals surface area contributed by atoms with Crippen LogP contribution in [0.2, 0.25) is 0 Å². The summed E-state index contributed by atoms with van der Waals surface area (Å²) in [5.74, 6) is -0.479. The van der Waals surface area contributed by atoms with Crippen LogP contribution >= 0.6 is 0 Å². The molecule has 0 aliphatic rings. The Bertz CT molecular complexity index is 1510. The van der Waals surface area contributed by atoms with E-state index in [1.165, 1.54) is 23.1 Å². The van der Waals surface area contributed by atoms with Crippen LogP contribution in [-0.4, -0.2) is 65.3 Å². The number of H-pyrrole nitrogens is 1. The fourth-order valence-electron chi connectivity index (χ4n) is 4.86. The van der Waals surface area contributed by atoms with Crippen molar-refractivity contribution in [2.24, 2.45) is 5.92 Å². The first-order valence-corrected chi connectivity index (χ1v) is 13.7. The fraction of sp³-hybridized carbons (Fsp3) is 0.312. The highest BCUT2D eigenvalue weighted by Gasteiger charge is 2.25.